The molecule has 11 heteroatoms. The van der Waals surface area contributed by atoms with Gasteiger partial charge in [-0.25, -0.2) is 9.66 Å². The molecular weight excluding hydrogens is 384 g/mol. The largest absolute Gasteiger partial charge is 0.320 e. The number of nitro groups is 1. The Labute approximate surface area is 162 Å². The maximum absolute atomic E-state index is 13.1. The van der Waals surface area contributed by atoms with Crippen molar-refractivity contribution in [1.82, 2.24) is 19.4 Å². The van der Waals surface area contributed by atoms with Crippen LogP contribution >= 0.6 is 11.3 Å². The molecule has 0 aromatic carbocycles. The summed E-state index contributed by atoms with van der Waals surface area (Å²) in [6.07, 6.45) is 3.86. The molecule has 1 unspecified atom stereocenters. The van der Waals surface area contributed by atoms with Crippen LogP contribution in [0.25, 0.3) is 10.2 Å². The topological polar surface area (TPSA) is 125 Å². The molecule has 3 heterocycles. The Morgan fingerprint density at radius 1 is 1.46 bits per heavy atom. The Bertz CT molecular complexity index is 1190. The fraction of sp³-hybridized carbons (Fsp3) is 0.412. The summed E-state index contributed by atoms with van der Waals surface area (Å²) in [6.45, 7) is 3.79. The molecule has 1 N–H and O–H groups in total. The van der Waals surface area contributed by atoms with Gasteiger partial charge in [0.2, 0.25) is 5.69 Å². The Balaban J connectivity index is 1.78. The highest BCUT2D eigenvalue weighted by Gasteiger charge is 2.28. The zero-order valence-corrected chi connectivity index (χ0v) is 16.4. The van der Waals surface area contributed by atoms with E-state index in [2.05, 4.69) is 22.4 Å². The van der Waals surface area contributed by atoms with Crippen LogP contribution in [0.1, 0.15) is 40.1 Å². The molecule has 0 bridgehead atoms. The number of carbonyl (C=O) groups is 1. The van der Waals surface area contributed by atoms with Gasteiger partial charge in [0.15, 0.2) is 0 Å². The summed E-state index contributed by atoms with van der Waals surface area (Å²) in [6, 6.07) is 0. The van der Waals surface area contributed by atoms with Crippen LogP contribution in [0, 0.1) is 23.0 Å². The number of hydrogen-bond acceptors (Lipinski definition) is 7. The number of fused-ring (bicyclic) bond motifs is 3. The maximum atomic E-state index is 13.1. The lowest BCUT2D eigenvalue weighted by atomic mass is 9.89. The number of rotatable bonds is 3. The number of thiophene rings is 1. The van der Waals surface area contributed by atoms with Crippen molar-refractivity contribution in [2.45, 2.75) is 33.1 Å². The predicted octanol–water partition coefficient (Wildman–Crippen LogP) is 1.92. The minimum absolute atomic E-state index is 0.302. The van der Waals surface area contributed by atoms with Crippen LogP contribution in [0.2, 0.25) is 0 Å². The number of carbonyl (C=O) groups excluding carboxylic acids is 1. The van der Waals surface area contributed by atoms with Gasteiger partial charge in [-0.15, -0.1) is 11.3 Å². The zero-order chi connectivity index (χ0) is 20.2. The van der Waals surface area contributed by atoms with Crippen LogP contribution in [-0.2, 0) is 19.9 Å². The molecular formula is C17H18N6O4S. The van der Waals surface area contributed by atoms with Crippen LogP contribution in [-0.4, -0.2) is 30.3 Å². The van der Waals surface area contributed by atoms with Crippen molar-refractivity contribution in [2.24, 2.45) is 13.0 Å². The second-order valence-corrected chi connectivity index (χ2v) is 8.15. The van der Waals surface area contributed by atoms with Crippen LogP contribution in [0.3, 0.4) is 0 Å². The van der Waals surface area contributed by atoms with Gasteiger partial charge in [-0.05, 0) is 37.7 Å². The van der Waals surface area contributed by atoms with E-state index in [1.807, 2.05) is 0 Å². The lowest BCUT2D eigenvalue weighted by molar-refractivity contribution is -0.385. The first-order valence-electron chi connectivity index (χ1n) is 8.79. The van der Waals surface area contributed by atoms with Gasteiger partial charge in [-0.3, -0.25) is 29.8 Å². The van der Waals surface area contributed by atoms with E-state index in [0.717, 1.165) is 35.7 Å². The molecule has 4 rings (SSSR count). The van der Waals surface area contributed by atoms with E-state index in [-0.39, 0.29) is 11.3 Å². The van der Waals surface area contributed by atoms with Crippen LogP contribution < -0.4 is 11.0 Å². The highest BCUT2D eigenvalue weighted by atomic mass is 32.1. The van der Waals surface area contributed by atoms with Gasteiger partial charge >= 0.3 is 5.69 Å². The Kier molecular flexibility index (Phi) is 4.26. The molecule has 3 aromatic rings. The van der Waals surface area contributed by atoms with E-state index < -0.39 is 16.5 Å². The van der Waals surface area contributed by atoms with E-state index >= 15 is 0 Å². The average molecular weight is 402 g/mol. The fourth-order valence-corrected chi connectivity index (χ4v) is 4.97. The van der Waals surface area contributed by atoms with Crippen molar-refractivity contribution in [1.29, 1.82) is 0 Å². The molecule has 10 nitrogen and oxygen atoms in total. The van der Waals surface area contributed by atoms with Gasteiger partial charge in [0.1, 0.15) is 16.9 Å². The van der Waals surface area contributed by atoms with Gasteiger partial charge in [0.05, 0.1) is 10.3 Å². The molecule has 28 heavy (non-hydrogen) atoms. The molecule has 3 aromatic heterocycles. The van der Waals surface area contributed by atoms with Crippen molar-refractivity contribution >= 4 is 33.1 Å². The first-order valence-corrected chi connectivity index (χ1v) is 9.61. The number of amides is 1. The normalized spacial score (nSPS) is 16.2. The molecule has 1 amide bonds. The molecule has 0 saturated carbocycles. The average Bonchev–Trinajstić information content (AvgIpc) is 3.18. The van der Waals surface area contributed by atoms with Gasteiger partial charge in [-0.2, -0.15) is 5.10 Å². The number of aryl methyl sites for hydroxylation is 3. The van der Waals surface area contributed by atoms with Crippen molar-refractivity contribution in [3.63, 3.8) is 0 Å². The summed E-state index contributed by atoms with van der Waals surface area (Å²) in [5.74, 6) is 0.0285. The van der Waals surface area contributed by atoms with E-state index in [9.17, 15) is 19.7 Å². The summed E-state index contributed by atoms with van der Waals surface area (Å²) >= 11 is 1.52. The highest BCUT2D eigenvalue weighted by Crippen LogP contribution is 2.35. The van der Waals surface area contributed by atoms with Crippen molar-refractivity contribution < 1.29 is 9.72 Å². The smallest absolute Gasteiger partial charge is 0.268 e. The zero-order valence-electron chi connectivity index (χ0n) is 15.6. The first-order chi connectivity index (χ1) is 13.3. The van der Waals surface area contributed by atoms with E-state index in [0.29, 0.717) is 22.0 Å². The van der Waals surface area contributed by atoms with E-state index in [4.69, 9.17) is 0 Å². The Morgan fingerprint density at radius 3 is 2.93 bits per heavy atom. The number of nitrogens with one attached hydrogen (secondary N) is 1. The highest BCUT2D eigenvalue weighted by molar-refractivity contribution is 7.18. The molecule has 1 atom stereocenters. The second kappa shape index (κ2) is 6.51. The molecule has 0 radical (unpaired) electrons. The summed E-state index contributed by atoms with van der Waals surface area (Å²) in [4.78, 5) is 42.5. The fourth-order valence-electron chi connectivity index (χ4n) is 3.55. The summed E-state index contributed by atoms with van der Waals surface area (Å²) in [7, 11) is 1.48. The third-order valence-corrected chi connectivity index (χ3v) is 6.08. The summed E-state index contributed by atoms with van der Waals surface area (Å²) < 4.78 is 2.23. The Morgan fingerprint density at radius 2 is 2.21 bits per heavy atom. The molecule has 146 valence electrons. The number of nitrogens with zero attached hydrogens (tertiary/aromatic N) is 5. The molecule has 1 aliphatic carbocycles. The molecule has 0 fully saturated rings. The Hall–Kier alpha value is -3.08. The van der Waals surface area contributed by atoms with Gasteiger partial charge in [-0.1, -0.05) is 6.92 Å². The quantitative estimate of drug-likeness (QED) is 0.527. The molecule has 0 aliphatic heterocycles. The standard InChI is InChI=1S/C17H18N6O4S/c1-8-4-5-10-12(6-8)28-16-13(10)17(25)22(9(2)18-16)20-15(24)14-11(23(26)27)7-21(3)19-14/h7-8H,4-6H2,1-3H3,(H,20,24). The van der Waals surface area contributed by atoms with Gasteiger partial charge in [0, 0.05) is 11.9 Å². The summed E-state index contributed by atoms with van der Waals surface area (Å²) in [5, 5.41) is 15.5. The predicted molar refractivity (Wildman–Crippen MR) is 103 cm³/mol. The number of aromatic nitrogens is 4. The SMILES string of the molecule is Cc1nc2sc3c(c2c(=O)n1NC(=O)c1nn(C)cc1[N+](=O)[O-])CCC(C)C3. The van der Waals surface area contributed by atoms with E-state index in [1.165, 1.54) is 27.9 Å². The molecule has 0 saturated heterocycles. The van der Waals surface area contributed by atoms with Crippen molar-refractivity contribution in [3.8, 4) is 0 Å². The third kappa shape index (κ3) is 2.87. The minimum atomic E-state index is -0.837. The lowest BCUT2D eigenvalue weighted by Gasteiger charge is -2.17. The van der Waals surface area contributed by atoms with Gasteiger partial charge < -0.3 is 0 Å². The third-order valence-electron chi connectivity index (χ3n) is 4.93. The van der Waals surface area contributed by atoms with Crippen LogP contribution in [0.4, 0.5) is 5.69 Å². The van der Waals surface area contributed by atoms with Crippen LogP contribution in [0.15, 0.2) is 11.0 Å². The van der Waals surface area contributed by atoms with Crippen LogP contribution in [0.5, 0.6) is 0 Å². The van der Waals surface area contributed by atoms with Crippen molar-refractivity contribution in [3.05, 3.63) is 48.6 Å². The summed E-state index contributed by atoms with van der Waals surface area (Å²) in [5.41, 5.74) is 2.27. The molecule has 1 aliphatic rings. The molecule has 0 spiro atoms. The number of hydrogen-bond donors (Lipinski definition) is 1. The van der Waals surface area contributed by atoms with Crippen molar-refractivity contribution in [2.75, 3.05) is 5.43 Å². The lowest BCUT2D eigenvalue weighted by Crippen LogP contribution is -2.36. The maximum Gasteiger partial charge on any atom is 0.320 e. The van der Waals surface area contributed by atoms with Gasteiger partial charge in [0.25, 0.3) is 11.5 Å². The second-order valence-electron chi connectivity index (χ2n) is 7.07. The minimum Gasteiger partial charge on any atom is -0.268 e. The monoisotopic (exact) mass is 402 g/mol. The van der Waals surface area contributed by atoms with E-state index in [1.54, 1.807) is 6.92 Å². The first kappa shape index (κ1) is 18.3.